The summed E-state index contributed by atoms with van der Waals surface area (Å²) in [5, 5.41) is 36.6. The van der Waals surface area contributed by atoms with Crippen molar-refractivity contribution in [3.05, 3.63) is 108 Å². The predicted octanol–water partition coefficient (Wildman–Crippen LogP) is -1.76. The molecule has 5 rings (SSSR count). The van der Waals surface area contributed by atoms with Crippen molar-refractivity contribution in [3.63, 3.8) is 0 Å². The Labute approximate surface area is 554 Å². The van der Waals surface area contributed by atoms with Crippen molar-refractivity contribution in [2.24, 2.45) is 28.9 Å². The lowest BCUT2D eigenvalue weighted by atomic mass is 9.97. The third-order valence-electron chi connectivity index (χ3n) is 15.9. The Hall–Kier alpha value is -9.88. The van der Waals surface area contributed by atoms with Gasteiger partial charge in [-0.2, -0.15) is 12.6 Å². The maximum absolute atomic E-state index is 14.7. The molecule has 5 aromatic rings. The number of carboxylic acids is 1. The first-order valence-corrected chi connectivity index (χ1v) is 31.9. The van der Waals surface area contributed by atoms with Crippen LogP contribution >= 0.6 is 12.6 Å². The van der Waals surface area contributed by atoms with E-state index in [1.807, 2.05) is 24.3 Å². The lowest BCUT2D eigenvalue weighted by Gasteiger charge is -2.28. The van der Waals surface area contributed by atoms with Crippen LogP contribution in [0.25, 0.3) is 21.8 Å². The van der Waals surface area contributed by atoms with Crippen molar-refractivity contribution in [1.82, 2.24) is 63.1 Å². The number of rotatable bonds is 40. The number of aliphatic carboxylic acids is 1. The molecule has 0 spiro atoms. The number of para-hydroxylation sites is 2. The number of primary amides is 2. The van der Waals surface area contributed by atoms with Crippen molar-refractivity contribution in [1.29, 1.82) is 0 Å². The first kappa shape index (κ1) is 75.8. The third kappa shape index (κ3) is 23.9. The van der Waals surface area contributed by atoms with Crippen LogP contribution < -0.4 is 76.1 Å². The van der Waals surface area contributed by atoms with E-state index in [1.165, 1.54) is 13.8 Å². The number of hydrogen-bond acceptors (Lipinski definition) is 16. The van der Waals surface area contributed by atoms with Gasteiger partial charge in [0.05, 0.1) is 12.6 Å². The van der Waals surface area contributed by atoms with E-state index in [4.69, 9.17) is 22.9 Å². The molecule has 0 fully saturated rings. The fourth-order valence-electron chi connectivity index (χ4n) is 10.1. The highest BCUT2D eigenvalue weighted by Gasteiger charge is 2.36. The van der Waals surface area contributed by atoms with Gasteiger partial charge in [-0.05, 0) is 93.7 Å². The van der Waals surface area contributed by atoms with Crippen LogP contribution in [-0.4, -0.2) is 171 Å². The van der Waals surface area contributed by atoms with E-state index in [-0.39, 0.29) is 44.4 Å². The van der Waals surface area contributed by atoms with Crippen molar-refractivity contribution in [2.75, 3.05) is 18.8 Å². The monoisotopic (exact) mass is 1340 g/mol. The van der Waals surface area contributed by atoms with Crippen LogP contribution in [0.15, 0.2) is 91.3 Å². The van der Waals surface area contributed by atoms with Crippen molar-refractivity contribution in [2.45, 2.75) is 159 Å². The lowest BCUT2D eigenvalue weighted by Crippen LogP contribution is -2.60. The van der Waals surface area contributed by atoms with Crippen molar-refractivity contribution < 1.29 is 67.4 Å². The minimum Gasteiger partial charge on any atom is -0.481 e. The zero-order chi connectivity index (χ0) is 69.9. The molecule has 0 radical (unpaired) electrons. The molecule has 3 aromatic carbocycles. The molecule has 21 N–H and O–H groups in total. The molecule has 0 aliphatic heterocycles. The number of unbranched alkanes of at least 4 members (excludes halogenated alkanes) is 1. The summed E-state index contributed by atoms with van der Waals surface area (Å²) in [5.41, 5.74) is 26.1. The normalized spacial score (nSPS) is 14.6. The van der Waals surface area contributed by atoms with Crippen LogP contribution in [0.3, 0.4) is 0 Å². The van der Waals surface area contributed by atoms with Crippen LogP contribution in [0.4, 0.5) is 0 Å². The summed E-state index contributed by atoms with van der Waals surface area (Å²) < 4.78 is 0. The largest absolute Gasteiger partial charge is 0.481 e. The van der Waals surface area contributed by atoms with Crippen LogP contribution in [0.5, 0.6) is 0 Å². The van der Waals surface area contributed by atoms with Gasteiger partial charge in [-0.25, -0.2) is 0 Å². The number of amides is 12. The topological polar surface area (TPSA) is 498 Å². The minimum absolute atomic E-state index is 0.0402. The molecule has 11 atom stereocenters. The molecule has 31 heteroatoms. The van der Waals surface area contributed by atoms with Crippen molar-refractivity contribution >= 4 is 111 Å². The van der Waals surface area contributed by atoms with Gasteiger partial charge in [0.1, 0.15) is 54.4 Å². The summed E-state index contributed by atoms with van der Waals surface area (Å²) in [7, 11) is 0. The van der Waals surface area contributed by atoms with Crippen LogP contribution in [0.2, 0.25) is 0 Å². The number of H-pyrrole nitrogens is 2. The smallest absolute Gasteiger partial charge is 0.303 e. The summed E-state index contributed by atoms with van der Waals surface area (Å²) in [6, 6.07) is 9.64. The highest BCUT2D eigenvalue weighted by Crippen LogP contribution is 2.22. The average Bonchev–Trinajstić information content (AvgIpc) is 1.73. The number of nitrogens with one attached hydrogen (secondary N) is 12. The van der Waals surface area contributed by atoms with Gasteiger partial charge in [0.2, 0.25) is 70.9 Å². The number of fused-ring (bicyclic) bond motifs is 2. The maximum Gasteiger partial charge on any atom is 0.303 e. The number of carboxylic acid groups (broad SMARTS) is 1. The van der Waals surface area contributed by atoms with Gasteiger partial charge in [0, 0.05) is 65.6 Å². The number of aromatic nitrogens is 2. The second-order valence-corrected chi connectivity index (χ2v) is 23.6. The van der Waals surface area contributed by atoms with Gasteiger partial charge >= 0.3 is 5.97 Å². The molecule has 0 aliphatic rings. The van der Waals surface area contributed by atoms with E-state index < -0.39 is 175 Å². The van der Waals surface area contributed by atoms with E-state index in [0.29, 0.717) is 29.5 Å². The quantitative estimate of drug-likeness (QED) is 0.0153. The van der Waals surface area contributed by atoms with Gasteiger partial charge in [0.25, 0.3) is 0 Å². The van der Waals surface area contributed by atoms with Gasteiger partial charge in [-0.15, -0.1) is 0 Å². The Kier molecular flexibility index (Phi) is 30.1. The van der Waals surface area contributed by atoms with E-state index in [0.717, 1.165) is 21.8 Å². The molecule has 2 heterocycles. The molecule has 0 saturated carbocycles. The molecule has 0 bridgehead atoms. The number of aromatic amines is 2. The van der Waals surface area contributed by atoms with E-state index >= 15 is 0 Å². The van der Waals surface area contributed by atoms with Crippen LogP contribution in [-0.2, 0) is 81.6 Å². The van der Waals surface area contributed by atoms with E-state index in [1.54, 1.807) is 80.8 Å². The first-order valence-electron chi connectivity index (χ1n) is 31.2. The predicted molar refractivity (Wildman–Crippen MR) is 355 cm³/mol. The van der Waals surface area contributed by atoms with E-state index in [2.05, 4.69) is 75.8 Å². The molecule has 2 aromatic heterocycles. The standard InChI is InChI=1S/C64H88N16O14S/c1-5-34(2)54(80-60(90)45(21-13-14-26-65)75-58(88)46(22-24-51(67)81)76-59(89)47(23-25-53(83)84)74-57(87)42(66)27-37-15-7-6-8-16-37)64(94)71-32-52(82)72-36(4)56(86)77-48(28-38-30-69-43-19-11-9-17-40(38)43)61(91)78-49(29-39-31-70-44-20-12-10-18-41(39)44)62(92)79-50(33-95)63(93)73-35(3)55(68)85/h6-12,15-20,30-31,34-36,42,45-50,54,69-70,95H,5,13-14,21-29,32-33,65-66H2,1-4H3,(H2,67,81)(H2,68,85)(H,71,94)(H,72,82)(H,73,93)(H,74,87)(H,75,88)(H,76,89)(H,77,86)(H,78,91)(H,79,92)(H,80,90)(H,83,84)/t34?,35-,36-,42-,45-,46-,47-,48-,49-,50-,54-/m1/s1. The Morgan fingerprint density at radius 2 is 0.968 bits per heavy atom. The zero-order valence-electron chi connectivity index (χ0n) is 53.4. The number of carbonyl (C=O) groups is 13. The third-order valence-corrected chi connectivity index (χ3v) is 16.2. The summed E-state index contributed by atoms with van der Waals surface area (Å²) in [6.45, 7) is 5.56. The summed E-state index contributed by atoms with van der Waals surface area (Å²) in [4.78, 5) is 181. The minimum atomic E-state index is -1.57. The highest BCUT2D eigenvalue weighted by atomic mass is 32.1. The second-order valence-electron chi connectivity index (χ2n) is 23.2. The first-order chi connectivity index (χ1) is 45.2. The van der Waals surface area contributed by atoms with Gasteiger partial charge in [-0.3, -0.25) is 62.3 Å². The number of thiol groups is 1. The van der Waals surface area contributed by atoms with Gasteiger partial charge < -0.3 is 91.2 Å². The number of hydrogen-bond donors (Lipinski definition) is 18. The Balaban J connectivity index is 1.29. The second kappa shape index (κ2) is 37.7. The van der Waals surface area contributed by atoms with Gasteiger partial charge in [-0.1, -0.05) is 87.0 Å². The molecule has 95 heavy (non-hydrogen) atoms. The summed E-state index contributed by atoms with van der Waals surface area (Å²) >= 11 is 4.25. The number of nitrogens with two attached hydrogens (primary N) is 4. The molecule has 30 nitrogen and oxygen atoms in total. The van der Waals surface area contributed by atoms with Crippen LogP contribution in [0, 0.1) is 5.92 Å². The Morgan fingerprint density at radius 1 is 0.505 bits per heavy atom. The van der Waals surface area contributed by atoms with E-state index in [9.17, 15) is 67.4 Å². The molecule has 12 amide bonds. The van der Waals surface area contributed by atoms with Crippen molar-refractivity contribution in [3.8, 4) is 0 Å². The maximum atomic E-state index is 14.7. The number of benzene rings is 3. The average molecular weight is 1340 g/mol. The fraction of sp³-hybridized carbons (Fsp3) is 0.453. The molecule has 514 valence electrons. The summed E-state index contributed by atoms with van der Waals surface area (Å²) in [6.07, 6.45) is 2.27. The fourth-order valence-corrected chi connectivity index (χ4v) is 10.4. The lowest BCUT2D eigenvalue weighted by molar-refractivity contribution is -0.138. The molecular formula is C64H88N16O14S. The number of carbonyl (C=O) groups excluding carboxylic acids is 12. The molecule has 0 saturated heterocycles. The molecule has 1 unspecified atom stereocenters. The zero-order valence-corrected chi connectivity index (χ0v) is 54.3. The Bertz CT molecular complexity index is 3510. The van der Waals surface area contributed by atoms with Gasteiger partial charge in [0.15, 0.2) is 0 Å². The molecular weight excluding hydrogens is 1250 g/mol. The van der Waals surface area contributed by atoms with Crippen LogP contribution in [0.1, 0.15) is 95.8 Å². The molecule has 0 aliphatic carbocycles. The summed E-state index contributed by atoms with van der Waals surface area (Å²) in [5.74, 6) is -12.4. The SMILES string of the molecule is CCC(C)[C@@H](NC(=O)[C@@H](CCCCN)NC(=O)[C@@H](CCC(N)=O)NC(=O)[C@@H](CCC(=O)O)NC(=O)[C@H](N)Cc1ccccc1)C(=O)NCC(=O)N[C@H](C)C(=O)N[C@H](Cc1c[nH]c2ccccc12)C(=O)N[C@H](Cc1c[nH]c2ccccc12)C(=O)N[C@H](CS)C(=O)N[C@H](C)C(N)=O. The Morgan fingerprint density at radius 3 is 1.48 bits per heavy atom. The highest BCUT2D eigenvalue weighted by molar-refractivity contribution is 7.80.